The molecule has 3 heterocycles. The van der Waals surface area contributed by atoms with Gasteiger partial charge in [-0.2, -0.15) is 5.26 Å². The Morgan fingerprint density at radius 3 is 2.43 bits per heavy atom. The molecule has 1 aromatic heterocycles. The molecule has 4 rings (SSSR count). The van der Waals surface area contributed by atoms with Crippen LogP contribution in [0.3, 0.4) is 0 Å². The van der Waals surface area contributed by atoms with Gasteiger partial charge in [0, 0.05) is 36.2 Å². The van der Waals surface area contributed by atoms with E-state index in [1.807, 2.05) is 32.0 Å². The van der Waals surface area contributed by atoms with E-state index in [1.165, 1.54) is 20.0 Å². The Balaban J connectivity index is 1.84. The SMILES string of the molecule is CC[C@@H]1OC(=O)C(C)(F)C(=O)[C@H](C)[C@@H](O[C@@H]2C[C@H](C)C[C@H](N(C)C)[C@H]2O)[C@@](C)(OC/C=C/c2cncc(C#N)c2)C[C@@H](C)C(=O)[C@@H](C)[C@H]2NC(=O)O[C@]12C. The van der Waals surface area contributed by atoms with Crippen LogP contribution in [0.15, 0.2) is 24.5 Å². The van der Waals surface area contributed by atoms with Crippen LogP contribution in [-0.2, 0) is 33.3 Å². The van der Waals surface area contributed by atoms with Crippen LogP contribution >= 0.6 is 0 Å². The number of halogens is 1. The first-order chi connectivity index (χ1) is 25.2. The number of fused-ring (bicyclic) bond motifs is 1. The number of esters is 1. The van der Waals surface area contributed by atoms with Crippen molar-refractivity contribution in [1.82, 2.24) is 15.2 Å². The van der Waals surface area contributed by atoms with Crippen LogP contribution in [0, 0.1) is 35.0 Å². The van der Waals surface area contributed by atoms with Crippen molar-refractivity contribution < 1.29 is 47.6 Å². The van der Waals surface area contributed by atoms with Crippen molar-refractivity contribution in [2.24, 2.45) is 23.7 Å². The highest BCUT2D eigenvalue weighted by molar-refractivity contribution is 6.08. The summed E-state index contributed by atoms with van der Waals surface area (Å²) < 4.78 is 41.5. The summed E-state index contributed by atoms with van der Waals surface area (Å²) in [4.78, 5) is 61.1. The number of aliphatic hydroxyl groups is 1. The summed E-state index contributed by atoms with van der Waals surface area (Å²) in [6.07, 6.45) is 2.54. The fourth-order valence-electron chi connectivity index (χ4n) is 8.64. The molecule has 298 valence electrons. The van der Waals surface area contributed by atoms with E-state index in [0.717, 1.165) is 6.92 Å². The van der Waals surface area contributed by atoms with Crippen LogP contribution in [-0.4, -0.2) is 113 Å². The number of carbonyl (C=O) groups is 4. The van der Waals surface area contributed by atoms with Crippen LogP contribution in [0.4, 0.5) is 9.18 Å². The van der Waals surface area contributed by atoms with E-state index in [4.69, 9.17) is 18.9 Å². The predicted octanol–water partition coefficient (Wildman–Crippen LogP) is 4.58. The van der Waals surface area contributed by atoms with Gasteiger partial charge in [-0.05, 0) is 78.1 Å². The van der Waals surface area contributed by atoms with E-state index >= 15 is 4.39 Å². The first-order valence-corrected chi connectivity index (χ1v) is 18.8. The van der Waals surface area contributed by atoms with E-state index in [-0.39, 0.29) is 37.2 Å². The van der Waals surface area contributed by atoms with Gasteiger partial charge in [-0.15, -0.1) is 0 Å². The second kappa shape index (κ2) is 16.9. The first kappa shape index (κ1) is 43.0. The van der Waals surface area contributed by atoms with Gasteiger partial charge in [0.2, 0.25) is 0 Å². The maximum absolute atomic E-state index is 16.8. The Morgan fingerprint density at radius 1 is 1.11 bits per heavy atom. The van der Waals surface area contributed by atoms with Crippen LogP contribution in [0.1, 0.15) is 92.2 Å². The zero-order valence-electron chi connectivity index (χ0n) is 33.1. The number of hydrogen-bond donors (Lipinski definition) is 2. The molecule has 2 saturated heterocycles. The summed E-state index contributed by atoms with van der Waals surface area (Å²) >= 11 is 0. The average molecular weight is 757 g/mol. The largest absolute Gasteiger partial charge is 0.455 e. The zero-order chi connectivity index (χ0) is 40.3. The summed E-state index contributed by atoms with van der Waals surface area (Å²) in [5.74, 6) is -5.69. The molecule has 13 nitrogen and oxygen atoms in total. The van der Waals surface area contributed by atoms with Gasteiger partial charge in [-0.25, -0.2) is 14.0 Å². The lowest BCUT2D eigenvalue weighted by Crippen LogP contribution is -2.61. The van der Waals surface area contributed by atoms with Crippen molar-refractivity contribution in [2.45, 2.75) is 134 Å². The van der Waals surface area contributed by atoms with Crippen molar-refractivity contribution in [3.63, 3.8) is 0 Å². The van der Waals surface area contributed by atoms with Crippen molar-refractivity contribution in [1.29, 1.82) is 5.26 Å². The molecule has 3 aliphatic rings. The molecular weight excluding hydrogens is 699 g/mol. The highest BCUT2D eigenvalue weighted by atomic mass is 19.1. The molecule has 3 fully saturated rings. The lowest BCUT2D eigenvalue weighted by atomic mass is 9.73. The number of nitriles is 1. The number of carbonyl (C=O) groups excluding carboxylic acids is 4. The lowest BCUT2D eigenvalue weighted by molar-refractivity contribution is -0.212. The normalized spacial score (nSPS) is 39.7. The summed E-state index contributed by atoms with van der Waals surface area (Å²) in [5, 5.41) is 23.6. The van der Waals surface area contributed by atoms with E-state index in [0.29, 0.717) is 24.0 Å². The van der Waals surface area contributed by atoms with Gasteiger partial charge in [0.15, 0.2) is 11.4 Å². The van der Waals surface area contributed by atoms with Crippen molar-refractivity contribution in [3.8, 4) is 6.07 Å². The summed E-state index contributed by atoms with van der Waals surface area (Å²) in [5.41, 5.74) is -5.22. The average Bonchev–Trinajstić information content (AvgIpc) is 3.44. The summed E-state index contributed by atoms with van der Waals surface area (Å²) in [6, 6.07) is 2.47. The van der Waals surface area contributed by atoms with Gasteiger partial charge < -0.3 is 34.3 Å². The number of cyclic esters (lactones) is 1. The van der Waals surface area contributed by atoms with Gasteiger partial charge in [0.05, 0.1) is 42.1 Å². The van der Waals surface area contributed by atoms with E-state index < -0.39 is 82.9 Å². The quantitative estimate of drug-likeness (QED) is 0.279. The van der Waals surface area contributed by atoms with Crippen LogP contribution in [0.2, 0.25) is 0 Å². The van der Waals surface area contributed by atoms with Crippen LogP contribution in [0.5, 0.6) is 0 Å². The van der Waals surface area contributed by atoms with Crippen LogP contribution < -0.4 is 5.32 Å². The zero-order valence-corrected chi connectivity index (χ0v) is 33.1. The number of ether oxygens (including phenoxy) is 4. The third-order valence-corrected chi connectivity index (χ3v) is 11.7. The first-order valence-electron chi connectivity index (χ1n) is 18.8. The van der Waals surface area contributed by atoms with Crippen molar-refractivity contribution in [2.75, 3.05) is 20.7 Å². The lowest BCUT2D eigenvalue weighted by Gasteiger charge is -2.47. The molecule has 13 atom stereocenters. The van der Waals surface area contributed by atoms with Gasteiger partial charge in [-0.3, -0.25) is 14.6 Å². The minimum atomic E-state index is -3.17. The third kappa shape index (κ3) is 8.85. The maximum Gasteiger partial charge on any atom is 0.408 e. The fraction of sp³-hybridized carbons (Fsp3) is 0.700. The molecule has 0 aromatic carbocycles. The van der Waals surface area contributed by atoms with Crippen molar-refractivity contribution >= 4 is 29.7 Å². The number of ketones is 2. The standard InChI is InChI=1S/C40H57FN4O9/c1-11-30-40(8)33(44-37(50)54-40)24(4)31(46)23(3)18-38(6,51-14-12-13-26-17-27(19-42)21-43-20-26)35(25(5)34(48)39(7,41)36(49)53-30)52-29-16-22(2)15-28(32(29)47)45(9)10/h12-13,17,20-25,28-30,32-33,35,47H,11,14-16,18H2,1-10H3,(H,44,50)/b13-12+/t22-,23-,24-,25+,28+,29-,30+,32-,33-,35-,38+,39?,40-/m1/s1. The van der Waals surface area contributed by atoms with Gasteiger partial charge in [0.25, 0.3) is 5.67 Å². The molecule has 1 aliphatic carbocycles. The van der Waals surface area contributed by atoms with Crippen LogP contribution in [0.25, 0.3) is 6.08 Å². The minimum absolute atomic E-state index is 0.0177. The molecule has 0 radical (unpaired) electrons. The number of pyridine rings is 1. The number of aromatic nitrogens is 1. The number of likely N-dealkylation sites (N-methyl/N-ethyl adjacent to an activating group) is 1. The summed E-state index contributed by atoms with van der Waals surface area (Å²) in [7, 11) is 3.72. The number of hydrogen-bond acceptors (Lipinski definition) is 12. The molecule has 0 bridgehead atoms. The Labute approximate surface area is 317 Å². The number of aliphatic hydroxyl groups excluding tert-OH is 1. The van der Waals surface area contributed by atoms with E-state index in [2.05, 4.69) is 10.3 Å². The fourth-order valence-corrected chi connectivity index (χ4v) is 8.64. The highest BCUT2D eigenvalue weighted by Gasteiger charge is 2.59. The topological polar surface area (TPSA) is 177 Å². The smallest absolute Gasteiger partial charge is 0.408 e. The minimum Gasteiger partial charge on any atom is -0.455 e. The molecule has 1 amide bonds. The second-order valence-electron chi connectivity index (χ2n) is 16.3. The van der Waals surface area contributed by atoms with E-state index in [9.17, 15) is 29.5 Å². The van der Waals surface area contributed by atoms with E-state index in [1.54, 1.807) is 52.1 Å². The Hall–Kier alpha value is -3.77. The molecule has 14 heteroatoms. The number of nitrogens with one attached hydrogen (secondary N) is 1. The Morgan fingerprint density at radius 2 is 1.80 bits per heavy atom. The predicted molar refractivity (Wildman–Crippen MR) is 197 cm³/mol. The maximum atomic E-state index is 16.8. The third-order valence-electron chi connectivity index (χ3n) is 11.7. The number of rotatable bonds is 8. The van der Waals surface area contributed by atoms with Gasteiger partial charge in [0.1, 0.15) is 18.0 Å². The molecule has 2 N–H and O–H groups in total. The monoisotopic (exact) mass is 756 g/mol. The summed E-state index contributed by atoms with van der Waals surface area (Å²) in [6.45, 7) is 12.5. The van der Waals surface area contributed by atoms with Crippen molar-refractivity contribution in [3.05, 3.63) is 35.7 Å². The Kier molecular flexibility index (Phi) is 13.5. The number of alkyl halides is 1. The second-order valence-corrected chi connectivity index (χ2v) is 16.3. The van der Waals surface area contributed by atoms with Gasteiger partial charge in [-0.1, -0.05) is 46.8 Å². The Bertz CT molecular complexity index is 1630. The molecule has 0 spiro atoms. The molecule has 54 heavy (non-hydrogen) atoms. The molecule has 2 aliphatic heterocycles. The molecule has 1 aromatic rings. The highest BCUT2D eigenvalue weighted by Crippen LogP contribution is 2.42. The number of alkyl carbamates (subject to hydrolysis) is 1. The number of amides is 1. The number of nitrogens with zero attached hydrogens (tertiary/aromatic N) is 3. The number of Topliss-reactive ketones (excluding diaryl/α,β-unsaturated/α-hetero) is 2. The molecule has 1 unspecified atom stereocenters. The van der Waals surface area contributed by atoms with Gasteiger partial charge >= 0.3 is 12.1 Å². The molecular formula is C40H57FN4O9. The molecule has 1 saturated carbocycles.